The first kappa shape index (κ1) is 15.9. The van der Waals surface area contributed by atoms with Gasteiger partial charge in [0.1, 0.15) is 4.90 Å². The average Bonchev–Trinajstić information content (AvgIpc) is 2.37. The normalized spacial score (nSPS) is 13.5. The van der Waals surface area contributed by atoms with Crippen LogP contribution < -0.4 is 10.5 Å². The molecule has 0 bridgehead atoms. The number of likely N-dealkylation sites (N-methyl/N-ethyl adjacent to an activating group) is 1. The second-order valence-corrected chi connectivity index (χ2v) is 6.24. The van der Waals surface area contributed by atoms with Gasteiger partial charge in [0.2, 0.25) is 10.0 Å². The Labute approximate surface area is 115 Å². The molecule has 19 heavy (non-hydrogen) atoms. The molecular formula is C13H23N3O2S. The molecule has 0 aliphatic rings. The summed E-state index contributed by atoms with van der Waals surface area (Å²) in [6.07, 6.45) is 1.09. The average molecular weight is 285 g/mol. The quantitative estimate of drug-likeness (QED) is 0.795. The van der Waals surface area contributed by atoms with Crippen molar-refractivity contribution in [3.05, 3.63) is 24.3 Å². The first-order valence-electron chi connectivity index (χ1n) is 6.42. The first-order valence-corrected chi connectivity index (χ1v) is 7.96. The molecule has 0 aliphatic heterocycles. The minimum atomic E-state index is -3.68. The summed E-state index contributed by atoms with van der Waals surface area (Å²) in [7, 11) is -1.62. The summed E-state index contributed by atoms with van der Waals surface area (Å²) in [6.45, 7) is 5.82. The SMILES string of the molecule is CCC(C)N(C)CCNc1ccccc1S(N)(=O)=O. The largest absolute Gasteiger partial charge is 0.383 e. The zero-order chi connectivity index (χ0) is 14.5. The van der Waals surface area contributed by atoms with Gasteiger partial charge in [-0.25, -0.2) is 13.6 Å². The number of nitrogens with two attached hydrogens (primary N) is 1. The van der Waals surface area contributed by atoms with E-state index in [0.717, 1.165) is 13.0 Å². The molecule has 0 fully saturated rings. The Balaban J connectivity index is 2.64. The molecule has 0 saturated heterocycles. The summed E-state index contributed by atoms with van der Waals surface area (Å²) in [5.41, 5.74) is 0.558. The highest BCUT2D eigenvalue weighted by molar-refractivity contribution is 7.89. The van der Waals surface area contributed by atoms with Crippen LogP contribution in [0.4, 0.5) is 5.69 Å². The zero-order valence-corrected chi connectivity index (χ0v) is 12.6. The monoisotopic (exact) mass is 285 g/mol. The van der Waals surface area contributed by atoms with E-state index in [2.05, 4.69) is 31.1 Å². The van der Waals surface area contributed by atoms with Gasteiger partial charge in [0.15, 0.2) is 0 Å². The Bertz CT molecular complexity index is 502. The molecule has 1 aromatic carbocycles. The highest BCUT2D eigenvalue weighted by Gasteiger charge is 2.13. The van der Waals surface area contributed by atoms with Crippen LogP contribution in [-0.2, 0) is 10.0 Å². The molecule has 5 nitrogen and oxygen atoms in total. The number of para-hydroxylation sites is 1. The smallest absolute Gasteiger partial charge is 0.240 e. The number of nitrogens with one attached hydrogen (secondary N) is 1. The second kappa shape index (κ2) is 6.88. The summed E-state index contributed by atoms with van der Waals surface area (Å²) < 4.78 is 22.9. The van der Waals surface area contributed by atoms with E-state index in [0.29, 0.717) is 18.3 Å². The van der Waals surface area contributed by atoms with Crippen molar-refractivity contribution in [3.63, 3.8) is 0 Å². The van der Waals surface area contributed by atoms with Crippen molar-refractivity contribution in [3.8, 4) is 0 Å². The van der Waals surface area contributed by atoms with Gasteiger partial charge in [0, 0.05) is 19.1 Å². The van der Waals surface area contributed by atoms with Crippen LogP contribution in [0.3, 0.4) is 0 Å². The lowest BCUT2D eigenvalue weighted by Crippen LogP contribution is -2.32. The van der Waals surface area contributed by atoms with E-state index in [1.807, 2.05) is 0 Å². The lowest BCUT2D eigenvalue weighted by Gasteiger charge is -2.23. The summed E-state index contributed by atoms with van der Waals surface area (Å²) in [4.78, 5) is 2.37. The molecule has 0 amide bonds. The van der Waals surface area contributed by atoms with Crippen molar-refractivity contribution in [1.29, 1.82) is 0 Å². The highest BCUT2D eigenvalue weighted by atomic mass is 32.2. The van der Waals surface area contributed by atoms with Gasteiger partial charge >= 0.3 is 0 Å². The number of anilines is 1. The number of benzene rings is 1. The van der Waals surface area contributed by atoms with E-state index >= 15 is 0 Å². The molecule has 3 N–H and O–H groups in total. The summed E-state index contributed by atoms with van der Waals surface area (Å²) >= 11 is 0. The van der Waals surface area contributed by atoms with Gasteiger partial charge in [-0.3, -0.25) is 0 Å². The van der Waals surface area contributed by atoms with Gasteiger partial charge in [-0.15, -0.1) is 0 Å². The Hall–Kier alpha value is -1.11. The Morgan fingerprint density at radius 3 is 2.58 bits per heavy atom. The van der Waals surface area contributed by atoms with Crippen LogP contribution in [0.25, 0.3) is 0 Å². The third kappa shape index (κ3) is 4.81. The van der Waals surface area contributed by atoms with Crippen molar-refractivity contribution in [1.82, 2.24) is 4.90 Å². The van der Waals surface area contributed by atoms with Crippen LogP contribution in [-0.4, -0.2) is 39.5 Å². The van der Waals surface area contributed by atoms with Gasteiger partial charge in [-0.05, 0) is 32.5 Å². The fraction of sp³-hybridized carbons (Fsp3) is 0.538. The molecule has 0 aliphatic carbocycles. The number of sulfonamides is 1. The van der Waals surface area contributed by atoms with Crippen molar-refractivity contribution >= 4 is 15.7 Å². The van der Waals surface area contributed by atoms with Crippen LogP contribution in [0.2, 0.25) is 0 Å². The Morgan fingerprint density at radius 1 is 1.37 bits per heavy atom. The fourth-order valence-corrected chi connectivity index (χ4v) is 2.47. The number of nitrogens with zero attached hydrogens (tertiary/aromatic N) is 1. The predicted molar refractivity (Wildman–Crippen MR) is 78.7 cm³/mol. The molecule has 0 saturated carbocycles. The third-order valence-electron chi connectivity index (χ3n) is 3.32. The van der Waals surface area contributed by atoms with Crippen molar-refractivity contribution in [2.45, 2.75) is 31.2 Å². The van der Waals surface area contributed by atoms with E-state index in [-0.39, 0.29) is 4.90 Å². The van der Waals surface area contributed by atoms with E-state index in [9.17, 15) is 8.42 Å². The summed E-state index contributed by atoms with van der Waals surface area (Å²) in [5.74, 6) is 0. The number of hydrogen-bond acceptors (Lipinski definition) is 4. The third-order valence-corrected chi connectivity index (χ3v) is 4.29. The highest BCUT2D eigenvalue weighted by Crippen LogP contribution is 2.18. The molecule has 1 rings (SSSR count). The standard InChI is InChI=1S/C13H23N3O2S/c1-4-11(2)16(3)10-9-15-12-7-5-6-8-13(12)19(14,17)18/h5-8,11,15H,4,9-10H2,1-3H3,(H2,14,17,18). The van der Waals surface area contributed by atoms with Gasteiger partial charge in [-0.2, -0.15) is 0 Å². The molecule has 0 radical (unpaired) electrons. The van der Waals surface area contributed by atoms with Crippen molar-refractivity contribution < 1.29 is 8.42 Å². The second-order valence-electron chi connectivity index (χ2n) is 4.71. The molecule has 108 valence electrons. The Kier molecular flexibility index (Phi) is 5.78. The van der Waals surface area contributed by atoms with Crippen molar-refractivity contribution in [2.24, 2.45) is 5.14 Å². The summed E-state index contributed by atoms with van der Waals surface area (Å²) in [6, 6.07) is 7.19. The predicted octanol–water partition coefficient (Wildman–Crippen LogP) is 1.48. The molecule has 0 spiro atoms. The number of rotatable bonds is 7. The molecule has 1 atom stereocenters. The maximum Gasteiger partial charge on any atom is 0.240 e. The molecule has 6 heteroatoms. The minimum Gasteiger partial charge on any atom is -0.383 e. The van der Waals surface area contributed by atoms with E-state index < -0.39 is 10.0 Å². The van der Waals surface area contributed by atoms with Gasteiger partial charge in [0.25, 0.3) is 0 Å². The van der Waals surface area contributed by atoms with E-state index in [1.54, 1.807) is 18.2 Å². The first-order chi connectivity index (χ1) is 8.86. The van der Waals surface area contributed by atoms with Gasteiger partial charge in [-0.1, -0.05) is 19.1 Å². The lowest BCUT2D eigenvalue weighted by atomic mass is 10.2. The summed E-state index contributed by atoms with van der Waals surface area (Å²) in [5, 5.41) is 8.31. The van der Waals surface area contributed by atoms with E-state index in [4.69, 9.17) is 5.14 Å². The molecule has 1 aromatic rings. The number of primary sulfonamides is 1. The lowest BCUT2D eigenvalue weighted by molar-refractivity contribution is 0.261. The maximum absolute atomic E-state index is 11.4. The van der Waals surface area contributed by atoms with Gasteiger partial charge < -0.3 is 10.2 Å². The van der Waals surface area contributed by atoms with Gasteiger partial charge in [0.05, 0.1) is 5.69 Å². The minimum absolute atomic E-state index is 0.140. The van der Waals surface area contributed by atoms with Crippen molar-refractivity contribution in [2.75, 3.05) is 25.5 Å². The van der Waals surface area contributed by atoms with E-state index in [1.165, 1.54) is 6.07 Å². The molecule has 1 unspecified atom stereocenters. The molecule has 0 heterocycles. The van der Waals surface area contributed by atoms with Crippen LogP contribution in [0.15, 0.2) is 29.2 Å². The zero-order valence-electron chi connectivity index (χ0n) is 11.8. The van der Waals surface area contributed by atoms with Crippen LogP contribution in [0, 0.1) is 0 Å². The van der Waals surface area contributed by atoms with Crippen LogP contribution in [0.1, 0.15) is 20.3 Å². The topological polar surface area (TPSA) is 75.4 Å². The number of hydrogen-bond donors (Lipinski definition) is 2. The fourth-order valence-electron chi connectivity index (χ4n) is 1.76. The Morgan fingerprint density at radius 2 is 2.00 bits per heavy atom. The maximum atomic E-state index is 11.4. The molecule has 0 aromatic heterocycles. The van der Waals surface area contributed by atoms with Crippen LogP contribution in [0.5, 0.6) is 0 Å². The molecular weight excluding hydrogens is 262 g/mol. The van der Waals surface area contributed by atoms with Crippen LogP contribution >= 0.6 is 0 Å².